The zero-order chi connectivity index (χ0) is 34.9. The SMILES string of the molecule is CC(=O)OCC1(C2OC(=O)CC2C)CC(=O)c2c(ccc(-c3ccc4c(c3O)C(O)=C3C(=O)CC(C)C(OC(C)=O)C3(CO)O4)c2O)O1. The lowest BCUT2D eigenvalue weighted by atomic mass is 9.69. The van der Waals surface area contributed by atoms with Crippen molar-refractivity contribution < 1.29 is 68.1 Å². The molecule has 1 saturated heterocycles. The number of Topliss-reactive ketones (excluding diaryl/α,β-unsaturated/α-hetero) is 2. The van der Waals surface area contributed by atoms with Crippen LogP contribution in [0.3, 0.4) is 0 Å². The maximum Gasteiger partial charge on any atom is 0.306 e. The number of benzene rings is 2. The fourth-order valence-electron chi connectivity index (χ4n) is 7.40. The number of ketones is 2. The number of esters is 3. The Kier molecular flexibility index (Phi) is 7.89. The summed E-state index contributed by atoms with van der Waals surface area (Å²) >= 11 is 0. The Morgan fingerprint density at radius 2 is 1.48 bits per heavy atom. The van der Waals surface area contributed by atoms with Gasteiger partial charge in [-0.1, -0.05) is 13.8 Å². The van der Waals surface area contributed by atoms with Crippen molar-refractivity contribution in [3.8, 4) is 34.1 Å². The number of carbonyl (C=O) groups excluding carboxylic acids is 5. The van der Waals surface area contributed by atoms with E-state index >= 15 is 0 Å². The van der Waals surface area contributed by atoms with Gasteiger partial charge in [0.25, 0.3) is 0 Å². The molecular formula is C34H34O14. The number of hydrogen-bond donors (Lipinski definition) is 4. The van der Waals surface area contributed by atoms with Crippen LogP contribution in [0.2, 0.25) is 0 Å². The second kappa shape index (κ2) is 11.5. The van der Waals surface area contributed by atoms with E-state index in [9.17, 15) is 44.4 Å². The Bertz CT molecular complexity index is 1810. The number of aromatic hydroxyl groups is 2. The van der Waals surface area contributed by atoms with Crippen molar-refractivity contribution in [2.45, 2.75) is 70.4 Å². The number of cyclic esters (lactones) is 1. The molecule has 14 nitrogen and oxygen atoms in total. The molecule has 0 amide bonds. The number of fused-ring (bicyclic) bond motifs is 3. The Hall–Kier alpha value is -5.11. The van der Waals surface area contributed by atoms with Gasteiger partial charge in [0.2, 0.25) is 5.60 Å². The predicted octanol–water partition coefficient (Wildman–Crippen LogP) is 2.92. The first-order chi connectivity index (χ1) is 22.6. The molecule has 0 radical (unpaired) electrons. The fraction of sp³-hybridized carbons (Fsp3) is 0.441. The summed E-state index contributed by atoms with van der Waals surface area (Å²) in [6, 6.07) is 5.39. The number of aliphatic hydroxyl groups excluding tert-OH is 2. The van der Waals surface area contributed by atoms with Gasteiger partial charge in [0.05, 0.1) is 25.0 Å². The Morgan fingerprint density at radius 1 is 0.854 bits per heavy atom. The van der Waals surface area contributed by atoms with Crippen LogP contribution in [0.25, 0.3) is 16.9 Å². The summed E-state index contributed by atoms with van der Waals surface area (Å²) in [6.45, 7) is 4.49. The Balaban J connectivity index is 1.43. The molecule has 3 heterocycles. The summed E-state index contributed by atoms with van der Waals surface area (Å²) in [5.41, 5.74) is -4.54. The lowest BCUT2D eigenvalue weighted by molar-refractivity contribution is -0.172. The molecule has 14 heteroatoms. The average molecular weight is 667 g/mol. The Morgan fingerprint density at radius 3 is 2.04 bits per heavy atom. The Labute approximate surface area is 273 Å². The molecule has 4 aliphatic rings. The molecule has 6 atom stereocenters. The van der Waals surface area contributed by atoms with E-state index in [0.717, 1.165) is 6.92 Å². The highest BCUT2D eigenvalue weighted by Gasteiger charge is 2.59. The number of carbonyl (C=O) groups is 5. The molecule has 0 bridgehead atoms. The third-order valence-corrected chi connectivity index (χ3v) is 9.40. The van der Waals surface area contributed by atoms with Crippen molar-refractivity contribution in [1.29, 1.82) is 0 Å². The number of phenols is 2. The van der Waals surface area contributed by atoms with E-state index in [4.69, 9.17) is 23.7 Å². The molecule has 0 aromatic heterocycles. The second-order valence-electron chi connectivity index (χ2n) is 12.8. The zero-order valence-corrected chi connectivity index (χ0v) is 26.5. The maximum atomic E-state index is 13.7. The number of aliphatic hydroxyl groups is 2. The van der Waals surface area contributed by atoms with Crippen molar-refractivity contribution in [2.75, 3.05) is 13.2 Å². The van der Waals surface area contributed by atoms with Crippen molar-refractivity contribution in [3.63, 3.8) is 0 Å². The van der Waals surface area contributed by atoms with Crippen LogP contribution in [0.5, 0.6) is 23.0 Å². The van der Waals surface area contributed by atoms with Crippen molar-refractivity contribution in [2.24, 2.45) is 11.8 Å². The minimum atomic E-state index is -1.95. The highest BCUT2D eigenvalue weighted by Crippen LogP contribution is 2.54. The zero-order valence-electron chi connectivity index (χ0n) is 26.5. The first-order valence-electron chi connectivity index (χ1n) is 15.4. The van der Waals surface area contributed by atoms with E-state index in [1.165, 1.54) is 31.2 Å². The first kappa shape index (κ1) is 32.8. The van der Waals surface area contributed by atoms with Crippen LogP contribution in [0.15, 0.2) is 29.8 Å². The summed E-state index contributed by atoms with van der Waals surface area (Å²) < 4.78 is 28.5. The summed E-state index contributed by atoms with van der Waals surface area (Å²) in [5.74, 6) is -6.10. The first-order valence-corrected chi connectivity index (χ1v) is 15.4. The molecule has 254 valence electrons. The van der Waals surface area contributed by atoms with Crippen molar-refractivity contribution in [3.05, 3.63) is 41.0 Å². The molecule has 0 spiro atoms. The average Bonchev–Trinajstić information content (AvgIpc) is 3.36. The van der Waals surface area contributed by atoms with Gasteiger partial charge in [-0.25, -0.2) is 0 Å². The minimum absolute atomic E-state index is 0.0441. The molecule has 6 unspecified atom stereocenters. The van der Waals surface area contributed by atoms with Crippen LogP contribution in [-0.4, -0.2) is 86.5 Å². The molecular weight excluding hydrogens is 632 g/mol. The van der Waals surface area contributed by atoms with Crippen molar-refractivity contribution in [1.82, 2.24) is 0 Å². The van der Waals surface area contributed by atoms with Gasteiger partial charge in [0.1, 0.15) is 52.6 Å². The minimum Gasteiger partial charge on any atom is -0.506 e. The monoisotopic (exact) mass is 666 g/mol. The molecule has 2 aromatic rings. The van der Waals surface area contributed by atoms with Gasteiger partial charge >= 0.3 is 17.9 Å². The largest absolute Gasteiger partial charge is 0.506 e. The molecule has 6 rings (SSSR count). The molecule has 1 aliphatic carbocycles. The summed E-state index contributed by atoms with van der Waals surface area (Å²) in [5, 5.41) is 44.9. The molecule has 1 saturated carbocycles. The molecule has 48 heavy (non-hydrogen) atoms. The highest BCUT2D eigenvalue weighted by atomic mass is 16.6. The molecule has 2 aromatic carbocycles. The van der Waals surface area contributed by atoms with Crippen LogP contribution in [-0.2, 0) is 33.4 Å². The fourth-order valence-corrected chi connectivity index (χ4v) is 7.40. The summed E-state index contributed by atoms with van der Waals surface area (Å²) in [7, 11) is 0. The number of hydrogen-bond acceptors (Lipinski definition) is 14. The third-order valence-electron chi connectivity index (χ3n) is 9.40. The third kappa shape index (κ3) is 4.93. The van der Waals surface area contributed by atoms with E-state index in [1.54, 1.807) is 13.8 Å². The van der Waals surface area contributed by atoms with Crippen LogP contribution in [0.4, 0.5) is 0 Å². The molecule has 3 aliphatic heterocycles. The molecule has 2 fully saturated rings. The highest BCUT2D eigenvalue weighted by molar-refractivity contribution is 6.08. The van der Waals surface area contributed by atoms with Gasteiger partial charge in [-0.05, 0) is 24.3 Å². The van der Waals surface area contributed by atoms with Gasteiger partial charge in [0, 0.05) is 43.2 Å². The smallest absolute Gasteiger partial charge is 0.306 e. The summed E-state index contributed by atoms with van der Waals surface area (Å²) in [6.07, 6.45) is -2.58. The van der Waals surface area contributed by atoms with Crippen molar-refractivity contribution >= 4 is 35.2 Å². The standard InChI is InChI=1S/C34H34O14/c1-14-9-20(38)27-30(43)26-23(48-34(27,12-35)32(14)45-17(4)37)8-6-19(29(26)42)18-5-7-22-25(28(18)41)21(39)11-33(47-22,13-44-16(3)36)31-15(2)10-24(40)46-31/h5-8,14-15,31-32,35,41-43H,9-13H2,1-4H3. The van der Waals surface area contributed by atoms with Crippen LogP contribution in [0.1, 0.15) is 62.9 Å². The maximum absolute atomic E-state index is 13.7. The van der Waals surface area contributed by atoms with E-state index in [-0.39, 0.29) is 58.1 Å². The van der Waals surface area contributed by atoms with Gasteiger partial charge in [0.15, 0.2) is 23.3 Å². The van der Waals surface area contributed by atoms with E-state index < -0.39 is 95.7 Å². The van der Waals surface area contributed by atoms with E-state index in [1.807, 2.05) is 0 Å². The van der Waals surface area contributed by atoms with Crippen LogP contribution < -0.4 is 9.47 Å². The number of phenolic OH excluding ortho intramolecular Hbond substituents is 2. The lowest BCUT2D eigenvalue weighted by Crippen LogP contribution is -2.62. The summed E-state index contributed by atoms with van der Waals surface area (Å²) in [4.78, 5) is 62.8. The van der Waals surface area contributed by atoms with Crippen LogP contribution >= 0.6 is 0 Å². The number of rotatable bonds is 6. The van der Waals surface area contributed by atoms with E-state index in [2.05, 4.69) is 0 Å². The van der Waals surface area contributed by atoms with Crippen LogP contribution in [0, 0.1) is 11.8 Å². The van der Waals surface area contributed by atoms with Gasteiger partial charge in [-0.2, -0.15) is 0 Å². The van der Waals surface area contributed by atoms with Gasteiger partial charge in [-0.15, -0.1) is 0 Å². The van der Waals surface area contributed by atoms with Gasteiger partial charge < -0.3 is 44.1 Å². The topological polar surface area (TPSA) is 212 Å². The normalized spacial score (nSPS) is 29.1. The second-order valence-corrected chi connectivity index (χ2v) is 12.8. The molecule has 4 N–H and O–H groups in total. The lowest BCUT2D eigenvalue weighted by Gasteiger charge is -2.47. The van der Waals surface area contributed by atoms with E-state index in [0.29, 0.717) is 0 Å². The quantitative estimate of drug-likeness (QED) is 0.258. The predicted molar refractivity (Wildman–Crippen MR) is 162 cm³/mol. The van der Waals surface area contributed by atoms with Gasteiger partial charge in [-0.3, -0.25) is 24.0 Å². The number of ether oxygens (including phenoxy) is 5.